The minimum atomic E-state index is 0.203. The molecule has 0 aliphatic rings. The molecule has 0 nitrogen and oxygen atoms in total. The predicted octanol–water partition coefficient (Wildman–Crippen LogP) is 5.83. The van der Waals surface area contributed by atoms with Crippen LogP contribution in [0.3, 0.4) is 0 Å². The average Bonchev–Trinajstić information content (AvgIpc) is 2.24. The molecular weight excluding hydrogens is 228 g/mol. The molecule has 0 aromatic rings. The molecule has 1 heteroatoms. The minimum Gasteiger partial charge on any atom is -0.127 e. The van der Waals surface area contributed by atoms with Crippen molar-refractivity contribution in [3.63, 3.8) is 0 Å². The lowest BCUT2D eigenvalue weighted by atomic mass is 9.68. The van der Waals surface area contributed by atoms with Crippen LogP contribution in [0.15, 0.2) is 24.3 Å². The summed E-state index contributed by atoms with van der Waals surface area (Å²) in [7, 11) is 0. The Morgan fingerprint density at radius 3 is 2.29 bits per heavy atom. The highest BCUT2D eigenvalue weighted by molar-refractivity contribution is 6.17. The fraction of sp³-hybridized carbons (Fsp3) is 0.750. The van der Waals surface area contributed by atoms with Crippen LogP contribution >= 0.6 is 11.6 Å². The largest absolute Gasteiger partial charge is 0.127 e. The number of hydrogen-bond acceptors (Lipinski definition) is 0. The quantitative estimate of drug-likeness (QED) is 0.379. The van der Waals surface area contributed by atoms with E-state index in [1.165, 1.54) is 12.0 Å². The summed E-state index contributed by atoms with van der Waals surface area (Å²) in [5.74, 6) is 2.03. The van der Waals surface area contributed by atoms with Crippen molar-refractivity contribution < 1.29 is 0 Å². The highest BCUT2D eigenvalue weighted by Crippen LogP contribution is 2.40. The van der Waals surface area contributed by atoms with Crippen molar-refractivity contribution in [1.82, 2.24) is 0 Å². The van der Waals surface area contributed by atoms with Gasteiger partial charge in [-0.1, -0.05) is 38.5 Å². The molecule has 2 atom stereocenters. The van der Waals surface area contributed by atoms with Crippen molar-refractivity contribution in [2.45, 2.75) is 53.9 Å². The first-order valence-electron chi connectivity index (χ1n) is 6.70. The Hall–Kier alpha value is -0.230. The van der Waals surface area contributed by atoms with Crippen LogP contribution in [0.1, 0.15) is 53.9 Å². The smallest absolute Gasteiger partial charge is 0.0226 e. The highest BCUT2D eigenvalue weighted by atomic mass is 35.5. The van der Waals surface area contributed by atoms with Gasteiger partial charge < -0.3 is 0 Å². The Balaban J connectivity index is 4.71. The first-order chi connectivity index (χ1) is 7.87. The molecule has 100 valence electrons. The maximum Gasteiger partial charge on any atom is 0.0226 e. The van der Waals surface area contributed by atoms with Crippen LogP contribution in [-0.4, -0.2) is 5.88 Å². The Labute approximate surface area is 113 Å². The first kappa shape index (κ1) is 16.8. The molecule has 0 radical (unpaired) electrons. The molecule has 0 N–H and O–H groups in total. The second-order valence-electron chi connectivity index (χ2n) is 5.86. The van der Waals surface area contributed by atoms with Crippen LogP contribution in [0.25, 0.3) is 0 Å². The molecule has 0 amide bonds. The Morgan fingerprint density at radius 2 is 1.94 bits per heavy atom. The number of rotatable bonds is 8. The van der Waals surface area contributed by atoms with Crippen LogP contribution in [0.4, 0.5) is 0 Å². The molecule has 0 bridgehead atoms. The molecule has 0 saturated heterocycles. The SMILES string of the molecule is C=C[C@](C)(CCC=C(C)C)[C@H](CCCl)C(C)C. The summed E-state index contributed by atoms with van der Waals surface area (Å²) in [6.07, 6.45) is 7.84. The number of halogens is 1. The molecule has 0 heterocycles. The topological polar surface area (TPSA) is 0 Å². The highest BCUT2D eigenvalue weighted by Gasteiger charge is 2.32. The van der Waals surface area contributed by atoms with Crippen LogP contribution in [-0.2, 0) is 0 Å². The van der Waals surface area contributed by atoms with Crippen LogP contribution in [0.5, 0.6) is 0 Å². The third-order valence-corrected chi connectivity index (χ3v) is 3.99. The van der Waals surface area contributed by atoms with Gasteiger partial charge in [0, 0.05) is 5.88 Å². The van der Waals surface area contributed by atoms with E-state index in [1.54, 1.807) is 0 Å². The van der Waals surface area contributed by atoms with Gasteiger partial charge in [-0.3, -0.25) is 0 Å². The molecule has 0 rings (SSSR count). The zero-order valence-corrected chi connectivity index (χ0v) is 13.0. The van der Waals surface area contributed by atoms with Crippen molar-refractivity contribution >= 4 is 11.6 Å². The summed E-state index contributed by atoms with van der Waals surface area (Å²) in [4.78, 5) is 0. The van der Waals surface area contributed by atoms with Crippen LogP contribution < -0.4 is 0 Å². The monoisotopic (exact) mass is 256 g/mol. The Kier molecular flexibility index (Phi) is 7.87. The summed E-state index contributed by atoms with van der Waals surface area (Å²) >= 11 is 5.94. The lowest BCUT2D eigenvalue weighted by Gasteiger charge is -2.38. The summed E-state index contributed by atoms with van der Waals surface area (Å²) in [6.45, 7) is 15.3. The summed E-state index contributed by atoms with van der Waals surface area (Å²) < 4.78 is 0. The Bertz CT molecular complexity index is 248. The van der Waals surface area contributed by atoms with Gasteiger partial charge in [0.2, 0.25) is 0 Å². The molecule has 0 spiro atoms. The summed E-state index contributed by atoms with van der Waals surface area (Å²) in [5, 5.41) is 0. The van der Waals surface area contributed by atoms with Gasteiger partial charge in [-0.15, -0.1) is 18.2 Å². The van der Waals surface area contributed by atoms with Crippen molar-refractivity contribution in [1.29, 1.82) is 0 Å². The third-order valence-electron chi connectivity index (χ3n) is 3.77. The van der Waals surface area contributed by atoms with Gasteiger partial charge in [-0.25, -0.2) is 0 Å². The Morgan fingerprint density at radius 1 is 1.35 bits per heavy atom. The standard InChI is InChI=1S/C16H29Cl/c1-7-16(6,11-8-9-13(2)3)15(10-12-17)14(4)5/h7,9,14-15H,1,8,10-12H2,2-6H3/t15-,16-/m1/s1. The van der Waals surface area contributed by atoms with Crippen LogP contribution in [0.2, 0.25) is 0 Å². The molecule has 0 unspecified atom stereocenters. The third kappa shape index (κ3) is 5.77. The number of alkyl halides is 1. The second kappa shape index (κ2) is 7.97. The van der Waals surface area contributed by atoms with E-state index < -0.39 is 0 Å². The van der Waals surface area contributed by atoms with E-state index in [9.17, 15) is 0 Å². The molecule has 0 aliphatic heterocycles. The predicted molar refractivity (Wildman–Crippen MR) is 80.6 cm³/mol. The van der Waals surface area contributed by atoms with E-state index in [0.29, 0.717) is 11.8 Å². The first-order valence-corrected chi connectivity index (χ1v) is 7.23. The zero-order valence-electron chi connectivity index (χ0n) is 12.2. The lowest BCUT2D eigenvalue weighted by Crippen LogP contribution is -2.29. The van der Waals surface area contributed by atoms with E-state index in [2.05, 4.69) is 53.3 Å². The maximum atomic E-state index is 5.94. The van der Waals surface area contributed by atoms with Gasteiger partial charge in [0.1, 0.15) is 0 Å². The fourth-order valence-corrected chi connectivity index (χ4v) is 2.89. The van der Waals surface area contributed by atoms with Crippen molar-refractivity contribution in [3.8, 4) is 0 Å². The van der Waals surface area contributed by atoms with Gasteiger partial charge in [0.05, 0.1) is 0 Å². The number of allylic oxidation sites excluding steroid dienone is 3. The van der Waals surface area contributed by atoms with Gasteiger partial charge in [-0.2, -0.15) is 0 Å². The van der Waals surface area contributed by atoms with Crippen molar-refractivity contribution in [3.05, 3.63) is 24.3 Å². The molecule has 0 aliphatic carbocycles. The number of hydrogen-bond donors (Lipinski definition) is 0. The van der Waals surface area contributed by atoms with Crippen LogP contribution in [0, 0.1) is 17.3 Å². The molecule has 17 heavy (non-hydrogen) atoms. The van der Waals surface area contributed by atoms with Gasteiger partial charge in [0.15, 0.2) is 0 Å². The summed E-state index contributed by atoms with van der Waals surface area (Å²) in [6, 6.07) is 0. The van der Waals surface area contributed by atoms with E-state index in [4.69, 9.17) is 11.6 Å². The van der Waals surface area contributed by atoms with E-state index in [-0.39, 0.29) is 5.41 Å². The van der Waals surface area contributed by atoms with E-state index in [0.717, 1.165) is 18.7 Å². The second-order valence-corrected chi connectivity index (χ2v) is 6.24. The zero-order chi connectivity index (χ0) is 13.5. The average molecular weight is 257 g/mol. The molecule has 0 aromatic heterocycles. The lowest BCUT2D eigenvalue weighted by molar-refractivity contribution is 0.173. The normalized spacial score (nSPS) is 16.4. The minimum absolute atomic E-state index is 0.203. The van der Waals surface area contributed by atoms with E-state index >= 15 is 0 Å². The van der Waals surface area contributed by atoms with Crippen molar-refractivity contribution in [2.75, 3.05) is 5.88 Å². The molecule has 0 aromatic carbocycles. The molecule has 0 saturated carbocycles. The van der Waals surface area contributed by atoms with Gasteiger partial charge >= 0.3 is 0 Å². The van der Waals surface area contributed by atoms with Gasteiger partial charge in [0.25, 0.3) is 0 Å². The maximum absolute atomic E-state index is 5.94. The molecular formula is C16H29Cl. The van der Waals surface area contributed by atoms with Crippen molar-refractivity contribution in [2.24, 2.45) is 17.3 Å². The fourth-order valence-electron chi connectivity index (χ4n) is 2.65. The van der Waals surface area contributed by atoms with Gasteiger partial charge in [-0.05, 0) is 50.4 Å². The molecule has 0 fully saturated rings. The van der Waals surface area contributed by atoms with E-state index in [1.807, 2.05) is 0 Å². The summed E-state index contributed by atoms with van der Waals surface area (Å²) in [5.41, 5.74) is 1.60.